The second-order valence-corrected chi connectivity index (χ2v) is 7.19. The van der Waals surface area contributed by atoms with E-state index in [-0.39, 0.29) is 0 Å². The van der Waals surface area contributed by atoms with Crippen LogP contribution in [0, 0.1) is 11.3 Å². The molecule has 3 aromatic carbocycles. The molecule has 0 aliphatic carbocycles. The zero-order valence-electron chi connectivity index (χ0n) is 15.9. The lowest BCUT2D eigenvalue weighted by Crippen LogP contribution is -1.92. The molecular formula is C24H19N3OS. The van der Waals surface area contributed by atoms with Crippen LogP contribution in [0.5, 0.6) is 5.75 Å². The molecule has 4 rings (SSSR count). The molecule has 0 radical (unpaired) electrons. The van der Waals surface area contributed by atoms with Gasteiger partial charge < -0.3 is 10.1 Å². The standard InChI is InChI=1S/C24H19N3OS/c1-2-28-20-12-10-18(11-13-20)23-16-29-24(27-23)19(14-25)15-26-22-9-5-7-17-6-3-4-8-21(17)22/h3-13,15-16,26H,2H2,1H3/b19-15-. The zero-order chi connectivity index (χ0) is 20.1. The molecule has 29 heavy (non-hydrogen) atoms. The van der Waals surface area contributed by atoms with Gasteiger partial charge >= 0.3 is 0 Å². The van der Waals surface area contributed by atoms with Crippen molar-refractivity contribution in [3.8, 4) is 23.1 Å². The summed E-state index contributed by atoms with van der Waals surface area (Å²) < 4.78 is 5.48. The maximum Gasteiger partial charge on any atom is 0.136 e. The summed E-state index contributed by atoms with van der Waals surface area (Å²) in [5.74, 6) is 0.837. The second kappa shape index (κ2) is 8.59. The highest BCUT2D eigenvalue weighted by molar-refractivity contribution is 7.11. The number of thiazole rings is 1. The Labute approximate surface area is 173 Å². The highest BCUT2D eigenvalue weighted by Gasteiger charge is 2.09. The lowest BCUT2D eigenvalue weighted by molar-refractivity contribution is 0.340. The molecule has 1 heterocycles. The average Bonchev–Trinajstić information content (AvgIpc) is 3.25. The van der Waals surface area contributed by atoms with Crippen molar-refractivity contribution in [1.29, 1.82) is 5.26 Å². The fourth-order valence-electron chi connectivity index (χ4n) is 3.06. The van der Waals surface area contributed by atoms with E-state index in [1.807, 2.05) is 60.8 Å². The number of anilines is 1. The minimum atomic E-state index is 0.500. The van der Waals surface area contributed by atoms with Gasteiger partial charge in [0, 0.05) is 28.2 Å². The van der Waals surface area contributed by atoms with Crippen LogP contribution in [0.4, 0.5) is 5.69 Å². The first-order chi connectivity index (χ1) is 14.3. The van der Waals surface area contributed by atoms with Gasteiger partial charge in [-0.2, -0.15) is 5.26 Å². The first-order valence-corrected chi connectivity index (χ1v) is 10.2. The summed E-state index contributed by atoms with van der Waals surface area (Å²) in [6, 6.07) is 24.3. The van der Waals surface area contributed by atoms with Crippen molar-refractivity contribution in [2.75, 3.05) is 11.9 Å². The zero-order valence-corrected chi connectivity index (χ0v) is 16.7. The van der Waals surface area contributed by atoms with Gasteiger partial charge in [-0.05, 0) is 42.6 Å². The minimum Gasteiger partial charge on any atom is -0.494 e. The van der Waals surface area contributed by atoms with Gasteiger partial charge in [-0.15, -0.1) is 11.3 Å². The highest BCUT2D eigenvalue weighted by atomic mass is 32.1. The average molecular weight is 398 g/mol. The van der Waals surface area contributed by atoms with E-state index in [1.54, 1.807) is 6.20 Å². The van der Waals surface area contributed by atoms with Crippen LogP contribution in [0.15, 0.2) is 78.3 Å². The summed E-state index contributed by atoms with van der Waals surface area (Å²) in [6.45, 7) is 2.60. The molecule has 0 saturated carbocycles. The van der Waals surface area contributed by atoms with Gasteiger partial charge in [0.2, 0.25) is 0 Å². The molecule has 0 atom stereocenters. The van der Waals surface area contributed by atoms with Crippen molar-refractivity contribution in [3.05, 3.63) is 83.3 Å². The maximum atomic E-state index is 9.64. The first kappa shape index (κ1) is 18.7. The van der Waals surface area contributed by atoms with Gasteiger partial charge in [-0.3, -0.25) is 0 Å². The van der Waals surface area contributed by atoms with E-state index >= 15 is 0 Å². The lowest BCUT2D eigenvalue weighted by Gasteiger charge is -2.06. The van der Waals surface area contributed by atoms with Gasteiger partial charge in [0.1, 0.15) is 22.4 Å². The van der Waals surface area contributed by atoms with Crippen molar-refractivity contribution in [2.45, 2.75) is 6.92 Å². The van der Waals surface area contributed by atoms with E-state index in [1.165, 1.54) is 11.3 Å². The molecule has 0 bridgehead atoms. The Bertz CT molecular complexity index is 1200. The quantitative estimate of drug-likeness (QED) is 0.386. The number of nitrogens with zero attached hydrogens (tertiary/aromatic N) is 2. The number of rotatable bonds is 6. The van der Waals surface area contributed by atoms with Crippen molar-refractivity contribution >= 4 is 33.4 Å². The number of allylic oxidation sites excluding steroid dienone is 1. The van der Waals surface area contributed by atoms with Crippen LogP contribution in [0.2, 0.25) is 0 Å². The van der Waals surface area contributed by atoms with E-state index in [4.69, 9.17) is 4.74 Å². The molecule has 0 amide bonds. The third kappa shape index (κ3) is 4.13. The largest absolute Gasteiger partial charge is 0.494 e. The Kier molecular flexibility index (Phi) is 5.55. The summed E-state index contributed by atoms with van der Waals surface area (Å²) >= 11 is 1.46. The van der Waals surface area contributed by atoms with Crippen molar-refractivity contribution in [1.82, 2.24) is 4.98 Å². The molecule has 0 fully saturated rings. The van der Waals surface area contributed by atoms with E-state index < -0.39 is 0 Å². The van der Waals surface area contributed by atoms with Crippen molar-refractivity contribution < 1.29 is 4.74 Å². The number of benzene rings is 3. The van der Waals surface area contributed by atoms with Crippen LogP contribution in [-0.2, 0) is 0 Å². The van der Waals surface area contributed by atoms with Crippen LogP contribution in [0.1, 0.15) is 11.9 Å². The second-order valence-electron chi connectivity index (χ2n) is 6.34. The Morgan fingerprint density at radius 2 is 1.90 bits per heavy atom. The summed E-state index contributed by atoms with van der Waals surface area (Å²) in [5.41, 5.74) is 3.30. The molecule has 1 aromatic heterocycles. The first-order valence-electron chi connectivity index (χ1n) is 9.32. The minimum absolute atomic E-state index is 0.500. The monoisotopic (exact) mass is 397 g/mol. The van der Waals surface area contributed by atoms with Gasteiger partial charge in [-0.1, -0.05) is 36.4 Å². The molecule has 1 N–H and O–H groups in total. The molecule has 0 saturated heterocycles. The van der Waals surface area contributed by atoms with Crippen LogP contribution in [-0.4, -0.2) is 11.6 Å². The number of fused-ring (bicyclic) bond motifs is 1. The smallest absolute Gasteiger partial charge is 0.136 e. The Balaban J connectivity index is 1.57. The Morgan fingerprint density at radius 3 is 2.69 bits per heavy atom. The Hall–Kier alpha value is -3.62. The van der Waals surface area contributed by atoms with Crippen LogP contribution in [0.3, 0.4) is 0 Å². The van der Waals surface area contributed by atoms with Gasteiger partial charge in [-0.25, -0.2) is 4.98 Å². The lowest BCUT2D eigenvalue weighted by atomic mass is 10.1. The fraction of sp³-hybridized carbons (Fsp3) is 0.0833. The number of hydrogen-bond acceptors (Lipinski definition) is 5. The number of aromatic nitrogens is 1. The van der Waals surface area contributed by atoms with Gasteiger partial charge in [0.15, 0.2) is 0 Å². The van der Waals surface area contributed by atoms with Gasteiger partial charge in [0.25, 0.3) is 0 Å². The van der Waals surface area contributed by atoms with E-state index in [9.17, 15) is 5.26 Å². The number of nitrogens with one attached hydrogen (secondary N) is 1. The predicted molar refractivity (Wildman–Crippen MR) is 120 cm³/mol. The molecule has 5 heteroatoms. The molecule has 142 valence electrons. The number of ether oxygens (including phenoxy) is 1. The van der Waals surface area contributed by atoms with Crippen molar-refractivity contribution in [3.63, 3.8) is 0 Å². The fourth-order valence-corrected chi connectivity index (χ4v) is 3.86. The summed E-state index contributed by atoms with van der Waals surface area (Å²) in [7, 11) is 0. The van der Waals surface area contributed by atoms with E-state index in [0.717, 1.165) is 33.5 Å². The Morgan fingerprint density at radius 1 is 1.10 bits per heavy atom. The summed E-state index contributed by atoms with van der Waals surface area (Å²) in [5, 5.41) is 17.8. The summed E-state index contributed by atoms with van der Waals surface area (Å²) in [6.07, 6.45) is 1.72. The topological polar surface area (TPSA) is 57.9 Å². The number of hydrogen-bond donors (Lipinski definition) is 1. The van der Waals surface area contributed by atoms with Crippen molar-refractivity contribution in [2.24, 2.45) is 0 Å². The van der Waals surface area contributed by atoms with Crippen LogP contribution < -0.4 is 10.1 Å². The maximum absolute atomic E-state index is 9.64. The highest BCUT2D eigenvalue weighted by Crippen LogP contribution is 2.28. The van der Waals surface area contributed by atoms with Gasteiger partial charge in [0.05, 0.1) is 12.3 Å². The molecule has 4 nitrogen and oxygen atoms in total. The molecule has 4 aromatic rings. The molecule has 0 aliphatic heterocycles. The third-order valence-corrected chi connectivity index (χ3v) is 5.35. The summed E-state index contributed by atoms with van der Waals surface area (Å²) in [4.78, 5) is 4.65. The third-order valence-electron chi connectivity index (χ3n) is 4.48. The number of nitriles is 1. The molecule has 0 aliphatic rings. The van der Waals surface area contributed by atoms with E-state index in [2.05, 4.69) is 34.6 Å². The molecule has 0 unspecified atom stereocenters. The van der Waals surface area contributed by atoms with Crippen LogP contribution in [0.25, 0.3) is 27.6 Å². The SMILES string of the molecule is CCOc1ccc(-c2csc(/C(C#N)=C\Nc3cccc4ccccc34)n2)cc1. The predicted octanol–water partition coefficient (Wildman–Crippen LogP) is 6.34. The van der Waals surface area contributed by atoms with E-state index in [0.29, 0.717) is 17.2 Å². The molecular weight excluding hydrogens is 378 g/mol. The normalized spacial score (nSPS) is 11.2. The molecule has 0 spiro atoms. The van der Waals surface area contributed by atoms with Crippen LogP contribution >= 0.6 is 11.3 Å².